The summed E-state index contributed by atoms with van der Waals surface area (Å²) >= 11 is 1.30. The summed E-state index contributed by atoms with van der Waals surface area (Å²) in [4.78, 5) is 12.4. The van der Waals surface area contributed by atoms with Gasteiger partial charge in [-0.15, -0.1) is 5.10 Å². The Labute approximate surface area is 162 Å². The molecule has 2 heterocycles. The molecular formula is C18H24FN5O2S. The number of tetrazole rings is 1. The SMILES string of the molecule is CC(C)C(NC(=O)CSc1nnnn1CC1CCCO1)c1ccc(F)cc1. The Hall–Kier alpha value is -2.00. The Morgan fingerprint density at radius 3 is 2.85 bits per heavy atom. The van der Waals surface area contributed by atoms with Crippen molar-refractivity contribution in [2.24, 2.45) is 5.92 Å². The van der Waals surface area contributed by atoms with Gasteiger partial charge < -0.3 is 10.1 Å². The summed E-state index contributed by atoms with van der Waals surface area (Å²) in [7, 11) is 0. The van der Waals surface area contributed by atoms with E-state index >= 15 is 0 Å². The summed E-state index contributed by atoms with van der Waals surface area (Å²) in [6.07, 6.45) is 2.18. The standard InChI is InChI=1S/C18H24FN5O2S/c1-12(2)17(13-5-7-14(19)8-6-13)20-16(25)11-27-18-21-22-23-24(18)10-15-4-3-9-26-15/h5-8,12,15,17H,3-4,9-11H2,1-2H3,(H,20,25). The lowest BCUT2D eigenvalue weighted by Crippen LogP contribution is -2.33. The van der Waals surface area contributed by atoms with Crippen LogP contribution in [0.2, 0.25) is 0 Å². The van der Waals surface area contributed by atoms with Crippen LogP contribution in [0.3, 0.4) is 0 Å². The van der Waals surface area contributed by atoms with E-state index in [0.29, 0.717) is 11.7 Å². The molecule has 3 rings (SSSR count). The van der Waals surface area contributed by atoms with Crippen molar-refractivity contribution >= 4 is 17.7 Å². The fourth-order valence-corrected chi connectivity index (χ4v) is 3.74. The Kier molecular flexibility index (Phi) is 6.78. The number of amides is 1. The van der Waals surface area contributed by atoms with E-state index in [0.717, 1.165) is 25.0 Å². The molecule has 1 saturated heterocycles. The Morgan fingerprint density at radius 2 is 2.19 bits per heavy atom. The van der Waals surface area contributed by atoms with Gasteiger partial charge in [-0.05, 0) is 46.9 Å². The summed E-state index contributed by atoms with van der Waals surface area (Å²) in [5, 5.41) is 15.3. The normalized spacial score (nSPS) is 18.0. The third kappa shape index (κ3) is 5.49. The molecule has 1 aromatic heterocycles. The highest BCUT2D eigenvalue weighted by atomic mass is 32.2. The molecule has 0 aliphatic carbocycles. The topological polar surface area (TPSA) is 81.9 Å². The molecule has 0 saturated carbocycles. The van der Waals surface area contributed by atoms with Crippen molar-refractivity contribution in [1.82, 2.24) is 25.5 Å². The van der Waals surface area contributed by atoms with Crippen molar-refractivity contribution in [3.63, 3.8) is 0 Å². The predicted octanol–water partition coefficient (Wildman–Crippen LogP) is 2.60. The number of nitrogens with zero attached hydrogens (tertiary/aromatic N) is 4. The van der Waals surface area contributed by atoms with Crippen LogP contribution in [0.1, 0.15) is 38.3 Å². The molecule has 0 bridgehead atoms. The first-order chi connectivity index (χ1) is 13.0. The third-order valence-electron chi connectivity index (χ3n) is 4.44. The number of nitrogens with one attached hydrogen (secondary N) is 1. The molecule has 0 radical (unpaired) electrons. The molecule has 7 nitrogen and oxygen atoms in total. The summed E-state index contributed by atoms with van der Waals surface area (Å²) < 4.78 is 20.5. The number of aromatic nitrogens is 4. The number of thioether (sulfide) groups is 1. The molecule has 1 aliphatic rings. The highest BCUT2D eigenvalue weighted by molar-refractivity contribution is 7.99. The summed E-state index contributed by atoms with van der Waals surface area (Å²) in [5.41, 5.74) is 0.882. The lowest BCUT2D eigenvalue weighted by atomic mass is 9.96. The maximum Gasteiger partial charge on any atom is 0.230 e. The monoisotopic (exact) mass is 393 g/mol. The van der Waals surface area contributed by atoms with E-state index < -0.39 is 0 Å². The maximum absolute atomic E-state index is 13.2. The van der Waals surface area contributed by atoms with Crippen LogP contribution in [-0.2, 0) is 16.1 Å². The molecule has 0 spiro atoms. The van der Waals surface area contributed by atoms with Gasteiger partial charge in [-0.1, -0.05) is 37.7 Å². The van der Waals surface area contributed by atoms with Crippen LogP contribution in [-0.4, -0.2) is 44.6 Å². The molecule has 1 aromatic carbocycles. The third-order valence-corrected chi connectivity index (χ3v) is 5.40. The molecule has 146 valence electrons. The number of hydrogen-bond donors (Lipinski definition) is 1. The predicted molar refractivity (Wildman–Crippen MR) is 99.6 cm³/mol. The number of ether oxygens (including phenoxy) is 1. The minimum absolute atomic E-state index is 0.116. The molecule has 1 N–H and O–H groups in total. The highest BCUT2D eigenvalue weighted by Gasteiger charge is 2.21. The molecule has 2 unspecified atom stereocenters. The first-order valence-corrected chi connectivity index (χ1v) is 10.1. The number of carbonyl (C=O) groups is 1. The van der Waals surface area contributed by atoms with Gasteiger partial charge in [0.25, 0.3) is 0 Å². The van der Waals surface area contributed by atoms with Crippen LogP contribution in [0.5, 0.6) is 0 Å². The van der Waals surface area contributed by atoms with E-state index in [1.165, 1.54) is 23.9 Å². The maximum atomic E-state index is 13.2. The summed E-state index contributed by atoms with van der Waals surface area (Å²) in [6.45, 7) is 5.41. The molecular weight excluding hydrogens is 369 g/mol. The van der Waals surface area contributed by atoms with E-state index in [1.807, 2.05) is 13.8 Å². The van der Waals surface area contributed by atoms with Crippen molar-refractivity contribution in [1.29, 1.82) is 0 Å². The van der Waals surface area contributed by atoms with E-state index in [9.17, 15) is 9.18 Å². The molecule has 9 heteroatoms. The molecule has 1 aliphatic heterocycles. The Morgan fingerprint density at radius 1 is 1.41 bits per heavy atom. The Balaban J connectivity index is 1.55. The second-order valence-electron chi connectivity index (χ2n) is 6.91. The molecule has 2 aromatic rings. The molecule has 2 atom stereocenters. The number of halogens is 1. The summed E-state index contributed by atoms with van der Waals surface area (Å²) in [5.74, 6) is -0.0267. The fraction of sp³-hybridized carbons (Fsp3) is 0.556. The van der Waals surface area contributed by atoms with E-state index in [-0.39, 0.29) is 35.5 Å². The van der Waals surface area contributed by atoms with Gasteiger partial charge in [0.15, 0.2) is 0 Å². The first kappa shape index (κ1) is 19.8. The number of hydrogen-bond acceptors (Lipinski definition) is 6. The van der Waals surface area contributed by atoms with Gasteiger partial charge >= 0.3 is 0 Å². The van der Waals surface area contributed by atoms with Gasteiger partial charge in [-0.25, -0.2) is 9.07 Å². The fourth-order valence-electron chi connectivity index (χ4n) is 3.05. The number of benzene rings is 1. The average molecular weight is 393 g/mol. The van der Waals surface area contributed by atoms with Crippen LogP contribution in [0.4, 0.5) is 4.39 Å². The zero-order valence-electron chi connectivity index (χ0n) is 15.5. The van der Waals surface area contributed by atoms with Crippen LogP contribution in [0.15, 0.2) is 29.4 Å². The van der Waals surface area contributed by atoms with Crippen molar-refractivity contribution < 1.29 is 13.9 Å². The van der Waals surface area contributed by atoms with E-state index in [4.69, 9.17) is 4.74 Å². The van der Waals surface area contributed by atoms with E-state index in [2.05, 4.69) is 20.8 Å². The summed E-state index contributed by atoms with van der Waals surface area (Å²) in [6, 6.07) is 6.04. The number of carbonyl (C=O) groups excluding carboxylic acids is 1. The van der Waals surface area contributed by atoms with Gasteiger partial charge in [0.1, 0.15) is 5.82 Å². The largest absolute Gasteiger partial charge is 0.376 e. The van der Waals surface area contributed by atoms with Crippen molar-refractivity contribution in [3.05, 3.63) is 35.6 Å². The smallest absolute Gasteiger partial charge is 0.230 e. The lowest BCUT2D eigenvalue weighted by molar-refractivity contribution is -0.119. The Bertz CT molecular complexity index is 746. The van der Waals surface area contributed by atoms with Crippen LogP contribution < -0.4 is 5.32 Å². The van der Waals surface area contributed by atoms with Crippen molar-refractivity contribution in [2.75, 3.05) is 12.4 Å². The first-order valence-electron chi connectivity index (χ1n) is 9.08. The zero-order chi connectivity index (χ0) is 19.2. The van der Waals surface area contributed by atoms with Gasteiger partial charge in [0, 0.05) is 6.61 Å². The molecule has 1 fully saturated rings. The average Bonchev–Trinajstić information content (AvgIpc) is 3.31. The minimum Gasteiger partial charge on any atom is -0.376 e. The number of rotatable bonds is 8. The zero-order valence-corrected chi connectivity index (χ0v) is 16.3. The van der Waals surface area contributed by atoms with Gasteiger partial charge in [0.05, 0.1) is 24.4 Å². The van der Waals surface area contributed by atoms with Gasteiger partial charge in [-0.3, -0.25) is 4.79 Å². The minimum atomic E-state index is -0.291. The van der Waals surface area contributed by atoms with Crippen molar-refractivity contribution in [3.8, 4) is 0 Å². The van der Waals surface area contributed by atoms with Crippen LogP contribution in [0, 0.1) is 11.7 Å². The van der Waals surface area contributed by atoms with Gasteiger partial charge in [-0.2, -0.15) is 0 Å². The quantitative estimate of drug-likeness (QED) is 0.694. The van der Waals surface area contributed by atoms with Crippen LogP contribution in [0.25, 0.3) is 0 Å². The second-order valence-corrected chi connectivity index (χ2v) is 7.85. The van der Waals surface area contributed by atoms with E-state index in [1.54, 1.807) is 16.8 Å². The van der Waals surface area contributed by atoms with Crippen molar-refractivity contribution in [2.45, 2.75) is 50.5 Å². The lowest BCUT2D eigenvalue weighted by Gasteiger charge is -2.23. The highest BCUT2D eigenvalue weighted by Crippen LogP contribution is 2.23. The molecule has 1 amide bonds. The van der Waals surface area contributed by atoms with Crippen LogP contribution >= 0.6 is 11.8 Å². The van der Waals surface area contributed by atoms with Gasteiger partial charge in [0.2, 0.25) is 11.1 Å². The molecule has 27 heavy (non-hydrogen) atoms. The second kappa shape index (κ2) is 9.27.